The third kappa shape index (κ3) is 4.19. The predicted molar refractivity (Wildman–Crippen MR) is 119 cm³/mol. The van der Waals surface area contributed by atoms with Crippen molar-refractivity contribution in [2.75, 3.05) is 12.4 Å². The number of hydrazine groups is 1. The van der Waals surface area contributed by atoms with E-state index in [0.29, 0.717) is 16.6 Å². The van der Waals surface area contributed by atoms with Gasteiger partial charge in [0.25, 0.3) is 5.91 Å². The topological polar surface area (TPSA) is 78.2 Å². The molecule has 0 aliphatic heterocycles. The highest BCUT2D eigenvalue weighted by Crippen LogP contribution is 2.32. The summed E-state index contributed by atoms with van der Waals surface area (Å²) in [6.07, 6.45) is 3.32. The lowest BCUT2D eigenvalue weighted by molar-refractivity contribution is 0.0944. The molecule has 0 spiro atoms. The Morgan fingerprint density at radius 3 is 2.72 bits per heavy atom. The second kappa shape index (κ2) is 8.13. The molecular formula is C22H24N4O2S. The summed E-state index contributed by atoms with van der Waals surface area (Å²) >= 11 is 5.25. The number of aryl methyl sites for hydroxylation is 1. The van der Waals surface area contributed by atoms with Crippen LogP contribution in [0.4, 0.5) is 5.69 Å². The van der Waals surface area contributed by atoms with Crippen LogP contribution < -0.4 is 20.9 Å². The van der Waals surface area contributed by atoms with Gasteiger partial charge in [-0.25, -0.2) is 0 Å². The van der Waals surface area contributed by atoms with Gasteiger partial charge in [-0.3, -0.25) is 15.6 Å². The van der Waals surface area contributed by atoms with Gasteiger partial charge in [-0.2, -0.15) is 0 Å². The number of hydrogen-bond donors (Lipinski definition) is 4. The lowest BCUT2D eigenvalue weighted by Crippen LogP contribution is -2.43. The minimum Gasteiger partial charge on any atom is -0.497 e. The fourth-order valence-corrected chi connectivity index (χ4v) is 3.92. The van der Waals surface area contributed by atoms with Crippen LogP contribution in [0.15, 0.2) is 42.5 Å². The highest BCUT2D eigenvalue weighted by atomic mass is 32.1. The highest BCUT2D eigenvalue weighted by Gasteiger charge is 2.20. The Morgan fingerprint density at radius 2 is 1.97 bits per heavy atom. The number of anilines is 1. The molecule has 1 heterocycles. The average Bonchev–Trinajstić information content (AvgIpc) is 3.09. The van der Waals surface area contributed by atoms with Crippen LogP contribution in [0.25, 0.3) is 10.9 Å². The molecule has 1 unspecified atom stereocenters. The van der Waals surface area contributed by atoms with Gasteiger partial charge in [0.15, 0.2) is 5.11 Å². The maximum Gasteiger partial charge on any atom is 0.269 e. The van der Waals surface area contributed by atoms with Crippen molar-refractivity contribution in [3.8, 4) is 5.75 Å². The smallest absolute Gasteiger partial charge is 0.269 e. The van der Waals surface area contributed by atoms with E-state index < -0.39 is 0 Å². The summed E-state index contributed by atoms with van der Waals surface area (Å²) in [4.78, 5) is 16.1. The zero-order valence-electron chi connectivity index (χ0n) is 16.5. The lowest BCUT2D eigenvalue weighted by atomic mass is 9.87. The van der Waals surface area contributed by atoms with Gasteiger partial charge < -0.3 is 15.0 Å². The van der Waals surface area contributed by atoms with Gasteiger partial charge in [-0.1, -0.05) is 6.92 Å². The van der Waals surface area contributed by atoms with E-state index in [1.54, 1.807) is 7.11 Å². The Labute approximate surface area is 175 Å². The molecule has 1 aromatic heterocycles. The maximum absolute atomic E-state index is 12.6. The van der Waals surface area contributed by atoms with Crippen LogP contribution in [0.3, 0.4) is 0 Å². The number of hydrogen-bond acceptors (Lipinski definition) is 3. The molecule has 7 heteroatoms. The van der Waals surface area contributed by atoms with Crippen molar-refractivity contribution in [2.24, 2.45) is 5.92 Å². The number of H-pyrrole nitrogens is 1. The molecule has 0 bridgehead atoms. The Bertz CT molecular complexity index is 1060. The predicted octanol–water partition coefficient (Wildman–Crippen LogP) is 3.93. The number of ether oxygens (including phenoxy) is 1. The summed E-state index contributed by atoms with van der Waals surface area (Å²) in [5.41, 5.74) is 10.5. The molecule has 1 aliphatic carbocycles. The molecule has 1 aliphatic rings. The molecule has 3 aromatic rings. The third-order valence-electron chi connectivity index (χ3n) is 5.33. The van der Waals surface area contributed by atoms with Crippen molar-refractivity contribution >= 4 is 39.8 Å². The summed E-state index contributed by atoms with van der Waals surface area (Å²) < 4.78 is 5.13. The summed E-state index contributed by atoms with van der Waals surface area (Å²) in [5.74, 6) is 1.20. The van der Waals surface area contributed by atoms with Crippen molar-refractivity contribution in [3.05, 3.63) is 59.3 Å². The van der Waals surface area contributed by atoms with Gasteiger partial charge >= 0.3 is 0 Å². The van der Waals surface area contributed by atoms with E-state index in [9.17, 15) is 4.79 Å². The van der Waals surface area contributed by atoms with Gasteiger partial charge in [0.1, 0.15) is 5.75 Å². The molecule has 0 saturated heterocycles. The van der Waals surface area contributed by atoms with Crippen molar-refractivity contribution < 1.29 is 9.53 Å². The molecular weight excluding hydrogens is 384 g/mol. The minimum absolute atomic E-state index is 0.232. The van der Waals surface area contributed by atoms with Gasteiger partial charge in [-0.15, -0.1) is 0 Å². The Hall–Kier alpha value is -3.06. The van der Waals surface area contributed by atoms with Crippen molar-refractivity contribution in [2.45, 2.75) is 26.2 Å². The lowest BCUT2D eigenvalue weighted by Gasteiger charge is -2.18. The zero-order chi connectivity index (χ0) is 20.4. The van der Waals surface area contributed by atoms with Crippen molar-refractivity contribution in [1.82, 2.24) is 15.8 Å². The molecule has 0 fully saturated rings. The van der Waals surface area contributed by atoms with Crippen LogP contribution in [0, 0.1) is 5.92 Å². The monoisotopic (exact) mass is 408 g/mol. The number of carbonyl (C=O) groups excluding carboxylic acids is 1. The molecule has 0 radical (unpaired) electrons. The second-order valence-electron chi connectivity index (χ2n) is 7.45. The molecule has 1 atom stereocenters. The first-order valence-corrected chi connectivity index (χ1v) is 10.1. The summed E-state index contributed by atoms with van der Waals surface area (Å²) in [7, 11) is 1.62. The first kappa shape index (κ1) is 19.3. The molecule has 0 saturated carbocycles. The quantitative estimate of drug-likeness (QED) is 0.390. The number of methoxy groups -OCH3 is 1. The molecule has 2 aromatic carbocycles. The molecule has 1 amide bonds. The zero-order valence-corrected chi connectivity index (χ0v) is 17.3. The summed E-state index contributed by atoms with van der Waals surface area (Å²) in [6, 6.07) is 13.1. The molecule has 29 heavy (non-hydrogen) atoms. The third-order valence-corrected chi connectivity index (χ3v) is 5.54. The molecule has 4 N–H and O–H groups in total. The fourth-order valence-electron chi connectivity index (χ4n) is 3.75. The van der Waals surface area contributed by atoms with Crippen LogP contribution in [-0.2, 0) is 12.8 Å². The Kier molecular flexibility index (Phi) is 5.40. The summed E-state index contributed by atoms with van der Waals surface area (Å²) in [5, 5.41) is 4.46. The average molecular weight is 409 g/mol. The Balaban J connectivity index is 1.40. The first-order valence-electron chi connectivity index (χ1n) is 9.68. The van der Waals surface area contributed by atoms with Crippen LogP contribution in [-0.4, -0.2) is 23.1 Å². The normalized spacial score (nSPS) is 15.4. The van der Waals surface area contributed by atoms with Crippen LogP contribution in [0.1, 0.15) is 35.0 Å². The van der Waals surface area contributed by atoms with Gasteiger partial charge in [0.05, 0.1) is 7.11 Å². The number of thiocarbonyl (C=S) groups is 1. The number of carbonyl (C=O) groups is 1. The Morgan fingerprint density at radius 1 is 1.17 bits per heavy atom. The molecule has 150 valence electrons. The number of nitrogens with one attached hydrogen (secondary N) is 4. The van der Waals surface area contributed by atoms with Gasteiger partial charge in [0, 0.05) is 27.8 Å². The number of rotatable bonds is 3. The van der Waals surface area contributed by atoms with Crippen LogP contribution >= 0.6 is 12.2 Å². The molecule has 4 rings (SSSR count). The van der Waals surface area contributed by atoms with E-state index in [2.05, 4.69) is 28.1 Å². The molecule has 6 nitrogen and oxygen atoms in total. The fraction of sp³-hybridized carbons (Fsp3) is 0.273. The van der Waals surface area contributed by atoms with Gasteiger partial charge in [-0.05, 0) is 85.4 Å². The summed E-state index contributed by atoms with van der Waals surface area (Å²) in [6.45, 7) is 2.28. The second-order valence-corrected chi connectivity index (χ2v) is 7.86. The SMILES string of the molecule is COc1ccc(NC(=S)NNC(=O)c2ccc3[nH]c4c(c3c2)CC(C)CC4)cc1. The van der Waals surface area contributed by atoms with Crippen LogP contribution in [0.5, 0.6) is 5.75 Å². The number of amides is 1. The number of fused-ring (bicyclic) bond motifs is 3. The highest BCUT2D eigenvalue weighted by molar-refractivity contribution is 7.80. The number of aromatic amines is 1. The number of aromatic nitrogens is 1. The first-order chi connectivity index (χ1) is 14.0. The van der Waals surface area contributed by atoms with E-state index >= 15 is 0 Å². The van der Waals surface area contributed by atoms with Gasteiger partial charge in [0.2, 0.25) is 0 Å². The number of benzene rings is 2. The van der Waals surface area contributed by atoms with Crippen LogP contribution in [0.2, 0.25) is 0 Å². The largest absolute Gasteiger partial charge is 0.497 e. The van der Waals surface area contributed by atoms with E-state index in [1.807, 2.05) is 42.5 Å². The standard InChI is InChI=1S/C22H24N4O2S/c1-13-3-9-19-17(11-13)18-12-14(4-10-20(18)24-19)21(27)25-26-22(29)23-15-5-7-16(28-2)8-6-15/h4-8,10,12-13,24H,3,9,11H2,1-2H3,(H,25,27)(H2,23,26,29). The minimum atomic E-state index is -0.232. The van der Waals surface area contributed by atoms with Crippen molar-refractivity contribution in [3.63, 3.8) is 0 Å². The van der Waals surface area contributed by atoms with E-state index in [0.717, 1.165) is 35.2 Å². The van der Waals surface area contributed by atoms with E-state index in [4.69, 9.17) is 17.0 Å². The van der Waals surface area contributed by atoms with E-state index in [-0.39, 0.29) is 5.91 Å². The maximum atomic E-state index is 12.6. The van der Waals surface area contributed by atoms with Crippen molar-refractivity contribution in [1.29, 1.82) is 0 Å². The van der Waals surface area contributed by atoms with E-state index in [1.165, 1.54) is 17.7 Å².